The standard InChI is InChI=1S/C36H29N5O6S/c1-25(42)37-29-13-21-34(22-14-29)48(45,46)39-30-11-7-27(8-12-30)35-23-36(40(38-35)31-15-17-32(18-16-31)41(43)44)28-9-19-33(20-10-28)47-24-26-5-3-2-4-6-26/h2-23,39H,24H2,1H3,(H,37,42). The van der Waals surface area contributed by atoms with Crippen molar-refractivity contribution in [2.24, 2.45) is 0 Å². The van der Waals surface area contributed by atoms with E-state index in [2.05, 4.69) is 10.0 Å². The number of anilines is 2. The third kappa shape index (κ3) is 7.40. The van der Waals surface area contributed by atoms with Crippen molar-refractivity contribution in [3.8, 4) is 34.0 Å². The number of aromatic nitrogens is 2. The molecule has 5 aromatic carbocycles. The summed E-state index contributed by atoms with van der Waals surface area (Å²) >= 11 is 0. The van der Waals surface area contributed by atoms with Crippen LogP contribution in [0.4, 0.5) is 17.1 Å². The van der Waals surface area contributed by atoms with Gasteiger partial charge in [-0.25, -0.2) is 13.1 Å². The number of nitro groups is 1. The van der Waals surface area contributed by atoms with Crippen molar-refractivity contribution < 1.29 is 22.9 Å². The molecule has 0 unspecified atom stereocenters. The Bertz CT molecular complexity index is 2170. The molecule has 6 rings (SSSR count). The van der Waals surface area contributed by atoms with E-state index in [9.17, 15) is 23.3 Å². The molecular formula is C36H29N5O6S. The Morgan fingerprint density at radius 3 is 2.06 bits per heavy atom. The van der Waals surface area contributed by atoms with Gasteiger partial charge in [0.25, 0.3) is 15.7 Å². The average molecular weight is 660 g/mol. The van der Waals surface area contributed by atoms with Crippen molar-refractivity contribution in [2.45, 2.75) is 18.4 Å². The highest BCUT2D eigenvalue weighted by Gasteiger charge is 2.17. The monoisotopic (exact) mass is 659 g/mol. The van der Waals surface area contributed by atoms with Crippen molar-refractivity contribution in [1.82, 2.24) is 9.78 Å². The molecule has 11 nitrogen and oxygen atoms in total. The Morgan fingerprint density at radius 2 is 1.44 bits per heavy atom. The van der Waals surface area contributed by atoms with Crippen LogP contribution in [-0.2, 0) is 21.4 Å². The molecule has 0 radical (unpaired) electrons. The SMILES string of the molecule is CC(=O)Nc1ccc(S(=O)(=O)Nc2ccc(-c3cc(-c4ccc(OCc5ccccc5)cc4)n(-c4ccc([N+](=O)[O-])cc4)n3)cc2)cc1. The second-order valence-electron chi connectivity index (χ2n) is 10.8. The molecule has 0 saturated heterocycles. The number of hydrogen-bond donors (Lipinski definition) is 2. The van der Waals surface area contributed by atoms with Gasteiger partial charge in [-0.05, 0) is 84.4 Å². The number of sulfonamides is 1. The van der Waals surface area contributed by atoms with Gasteiger partial charge in [-0.15, -0.1) is 0 Å². The normalized spacial score (nSPS) is 11.1. The lowest BCUT2D eigenvalue weighted by Gasteiger charge is -2.10. The van der Waals surface area contributed by atoms with Crippen LogP contribution in [0.25, 0.3) is 28.2 Å². The summed E-state index contributed by atoms with van der Waals surface area (Å²) in [5.74, 6) is 0.446. The van der Waals surface area contributed by atoms with E-state index < -0.39 is 14.9 Å². The van der Waals surface area contributed by atoms with Gasteiger partial charge >= 0.3 is 0 Å². The summed E-state index contributed by atoms with van der Waals surface area (Å²) in [5.41, 5.74) is 5.40. The van der Waals surface area contributed by atoms with E-state index in [0.717, 1.165) is 22.4 Å². The van der Waals surface area contributed by atoms with Crippen LogP contribution < -0.4 is 14.8 Å². The van der Waals surface area contributed by atoms with E-state index in [-0.39, 0.29) is 16.5 Å². The number of non-ortho nitro benzene ring substituents is 1. The van der Waals surface area contributed by atoms with Gasteiger partial charge in [-0.1, -0.05) is 42.5 Å². The van der Waals surface area contributed by atoms with Crippen molar-refractivity contribution in [2.75, 3.05) is 10.0 Å². The second-order valence-corrected chi connectivity index (χ2v) is 12.5. The fourth-order valence-corrected chi connectivity index (χ4v) is 6.01. The summed E-state index contributed by atoms with van der Waals surface area (Å²) in [6.07, 6.45) is 0. The molecule has 1 heterocycles. The third-order valence-electron chi connectivity index (χ3n) is 7.33. The summed E-state index contributed by atoms with van der Waals surface area (Å²) in [5, 5.41) is 18.7. The maximum Gasteiger partial charge on any atom is 0.269 e. The van der Waals surface area contributed by atoms with Gasteiger partial charge in [0.2, 0.25) is 5.91 Å². The summed E-state index contributed by atoms with van der Waals surface area (Å²) in [7, 11) is -3.88. The lowest BCUT2D eigenvalue weighted by molar-refractivity contribution is -0.384. The first-order chi connectivity index (χ1) is 23.1. The average Bonchev–Trinajstić information content (AvgIpc) is 3.54. The number of hydrogen-bond acceptors (Lipinski definition) is 7. The summed E-state index contributed by atoms with van der Waals surface area (Å²) < 4.78 is 36.2. The lowest BCUT2D eigenvalue weighted by atomic mass is 10.1. The minimum absolute atomic E-state index is 0.0330. The van der Waals surface area contributed by atoms with E-state index >= 15 is 0 Å². The predicted octanol–water partition coefficient (Wildman–Crippen LogP) is 7.45. The topological polar surface area (TPSA) is 145 Å². The molecule has 6 aromatic rings. The van der Waals surface area contributed by atoms with Crippen LogP contribution in [0.15, 0.2) is 138 Å². The van der Waals surface area contributed by atoms with Crippen molar-refractivity contribution in [1.29, 1.82) is 0 Å². The van der Waals surface area contributed by atoms with Gasteiger partial charge in [-0.2, -0.15) is 5.10 Å². The molecule has 1 aromatic heterocycles. The number of nitrogens with zero attached hydrogens (tertiary/aromatic N) is 3. The lowest BCUT2D eigenvalue weighted by Crippen LogP contribution is -2.13. The molecule has 0 spiro atoms. The highest BCUT2D eigenvalue weighted by Crippen LogP contribution is 2.31. The molecule has 48 heavy (non-hydrogen) atoms. The van der Waals surface area contributed by atoms with E-state index in [0.29, 0.717) is 35.1 Å². The van der Waals surface area contributed by atoms with E-state index in [1.807, 2.05) is 60.7 Å². The molecule has 12 heteroatoms. The van der Waals surface area contributed by atoms with Crippen LogP contribution >= 0.6 is 0 Å². The Labute approximate surface area is 276 Å². The van der Waals surface area contributed by atoms with E-state index in [1.165, 1.54) is 43.3 Å². The number of rotatable bonds is 11. The maximum absolute atomic E-state index is 13.0. The zero-order valence-electron chi connectivity index (χ0n) is 25.6. The minimum Gasteiger partial charge on any atom is -0.489 e. The van der Waals surface area contributed by atoms with Gasteiger partial charge in [0.15, 0.2) is 0 Å². The molecular weight excluding hydrogens is 630 g/mol. The Balaban J connectivity index is 1.26. The maximum atomic E-state index is 13.0. The second kappa shape index (κ2) is 13.6. The first-order valence-corrected chi connectivity index (χ1v) is 16.3. The number of carbonyl (C=O) groups is 1. The Hall–Kier alpha value is -6.27. The zero-order chi connectivity index (χ0) is 33.7. The number of benzene rings is 5. The largest absolute Gasteiger partial charge is 0.489 e. The molecule has 0 saturated carbocycles. The molecule has 0 fully saturated rings. The van der Waals surface area contributed by atoms with Crippen LogP contribution in [0, 0.1) is 10.1 Å². The fraction of sp³-hybridized carbons (Fsp3) is 0.0556. The minimum atomic E-state index is -3.88. The quantitative estimate of drug-likeness (QED) is 0.109. The number of nitro benzene ring substituents is 1. The van der Waals surface area contributed by atoms with Crippen LogP contribution in [-0.4, -0.2) is 29.0 Å². The highest BCUT2D eigenvalue weighted by atomic mass is 32.2. The molecule has 0 aliphatic carbocycles. The smallest absolute Gasteiger partial charge is 0.269 e. The highest BCUT2D eigenvalue weighted by molar-refractivity contribution is 7.92. The van der Waals surface area contributed by atoms with Gasteiger partial charge in [0.1, 0.15) is 12.4 Å². The van der Waals surface area contributed by atoms with Crippen LogP contribution in [0.1, 0.15) is 12.5 Å². The fourth-order valence-electron chi connectivity index (χ4n) is 4.95. The van der Waals surface area contributed by atoms with Crippen LogP contribution in [0.2, 0.25) is 0 Å². The summed E-state index contributed by atoms with van der Waals surface area (Å²) in [6, 6.07) is 38.1. The van der Waals surface area contributed by atoms with Gasteiger partial charge in [-0.3, -0.25) is 19.6 Å². The Kier molecular flexibility index (Phi) is 8.99. The van der Waals surface area contributed by atoms with Crippen molar-refractivity contribution >= 4 is 33.0 Å². The third-order valence-corrected chi connectivity index (χ3v) is 8.73. The van der Waals surface area contributed by atoms with Crippen molar-refractivity contribution in [3.63, 3.8) is 0 Å². The van der Waals surface area contributed by atoms with Crippen LogP contribution in [0.3, 0.4) is 0 Å². The van der Waals surface area contributed by atoms with Gasteiger partial charge < -0.3 is 10.1 Å². The molecule has 0 bridgehead atoms. The molecule has 2 N–H and O–H groups in total. The predicted molar refractivity (Wildman–Crippen MR) is 183 cm³/mol. The summed E-state index contributed by atoms with van der Waals surface area (Å²) in [6.45, 7) is 1.81. The van der Waals surface area contributed by atoms with Crippen molar-refractivity contribution in [3.05, 3.63) is 149 Å². The number of nitrogens with one attached hydrogen (secondary N) is 2. The number of ether oxygens (including phenoxy) is 1. The first kappa shape index (κ1) is 31.7. The zero-order valence-corrected chi connectivity index (χ0v) is 26.4. The number of amides is 1. The molecule has 0 aliphatic heterocycles. The molecule has 240 valence electrons. The van der Waals surface area contributed by atoms with Gasteiger partial charge in [0.05, 0.1) is 26.9 Å². The first-order valence-electron chi connectivity index (χ1n) is 14.8. The molecule has 1 amide bonds. The van der Waals surface area contributed by atoms with E-state index in [4.69, 9.17) is 9.84 Å². The van der Waals surface area contributed by atoms with Gasteiger partial charge in [0, 0.05) is 41.6 Å². The molecule has 0 atom stereocenters. The Morgan fingerprint density at radius 1 is 0.812 bits per heavy atom. The van der Waals surface area contributed by atoms with Crippen LogP contribution in [0.5, 0.6) is 5.75 Å². The molecule has 0 aliphatic rings. The van der Waals surface area contributed by atoms with E-state index in [1.54, 1.807) is 41.1 Å². The summed E-state index contributed by atoms with van der Waals surface area (Å²) in [4.78, 5) is 22.1. The number of carbonyl (C=O) groups excluding carboxylic acids is 1.